The molecule has 0 amide bonds. The molecule has 1 aromatic rings. The molecule has 0 spiro atoms. The number of nitrogens with two attached hydrogens (primary N) is 1. The standard InChI is InChI=1S/C13H21NO/c1-2-4-11-6-8-12(9-7-11)13(14)5-3-10-15/h6-9,13,15H,2-5,10,14H2,1H3. The Labute approximate surface area is 92.1 Å². The first-order chi connectivity index (χ1) is 7.27. The van der Waals surface area contributed by atoms with Crippen LogP contribution in [-0.2, 0) is 6.42 Å². The maximum Gasteiger partial charge on any atom is 0.0431 e. The average molecular weight is 207 g/mol. The highest BCUT2D eigenvalue weighted by Gasteiger charge is 2.04. The van der Waals surface area contributed by atoms with Crippen LogP contribution in [0.5, 0.6) is 0 Å². The molecule has 0 aliphatic carbocycles. The van der Waals surface area contributed by atoms with Gasteiger partial charge in [0.1, 0.15) is 0 Å². The minimum absolute atomic E-state index is 0.0628. The minimum atomic E-state index is 0.0628. The van der Waals surface area contributed by atoms with E-state index in [2.05, 4.69) is 31.2 Å². The van der Waals surface area contributed by atoms with Gasteiger partial charge in [-0.05, 0) is 30.4 Å². The zero-order valence-corrected chi connectivity index (χ0v) is 9.45. The summed E-state index contributed by atoms with van der Waals surface area (Å²) in [7, 11) is 0. The molecule has 0 saturated heterocycles. The van der Waals surface area contributed by atoms with Crippen LogP contribution in [0.2, 0.25) is 0 Å². The number of aliphatic hydroxyl groups excluding tert-OH is 1. The fraction of sp³-hybridized carbons (Fsp3) is 0.538. The van der Waals surface area contributed by atoms with Crippen molar-refractivity contribution in [3.05, 3.63) is 35.4 Å². The summed E-state index contributed by atoms with van der Waals surface area (Å²) in [4.78, 5) is 0. The molecule has 0 radical (unpaired) electrons. The SMILES string of the molecule is CCCc1ccc(C(N)CCCO)cc1. The molecule has 0 aliphatic heterocycles. The lowest BCUT2D eigenvalue weighted by molar-refractivity contribution is 0.280. The Bertz CT molecular complexity index is 268. The molecule has 15 heavy (non-hydrogen) atoms. The summed E-state index contributed by atoms with van der Waals surface area (Å²) < 4.78 is 0. The van der Waals surface area contributed by atoms with E-state index in [0.717, 1.165) is 19.3 Å². The van der Waals surface area contributed by atoms with Gasteiger partial charge in [0.15, 0.2) is 0 Å². The van der Waals surface area contributed by atoms with E-state index in [9.17, 15) is 0 Å². The third kappa shape index (κ3) is 4.02. The van der Waals surface area contributed by atoms with Crippen LogP contribution in [0.4, 0.5) is 0 Å². The molecule has 1 rings (SSSR count). The summed E-state index contributed by atoms with van der Waals surface area (Å²) in [6.07, 6.45) is 3.93. The van der Waals surface area contributed by atoms with Crippen molar-refractivity contribution in [1.82, 2.24) is 0 Å². The Balaban J connectivity index is 2.54. The zero-order chi connectivity index (χ0) is 11.1. The number of aliphatic hydroxyl groups is 1. The summed E-state index contributed by atoms with van der Waals surface area (Å²) in [5.74, 6) is 0. The fourth-order valence-corrected chi connectivity index (χ4v) is 1.70. The Hall–Kier alpha value is -0.860. The van der Waals surface area contributed by atoms with Crippen LogP contribution in [0.1, 0.15) is 43.4 Å². The van der Waals surface area contributed by atoms with Gasteiger partial charge in [-0.15, -0.1) is 0 Å². The molecule has 1 atom stereocenters. The fourth-order valence-electron chi connectivity index (χ4n) is 1.70. The highest BCUT2D eigenvalue weighted by Crippen LogP contribution is 2.16. The van der Waals surface area contributed by atoms with Crippen molar-refractivity contribution in [3.8, 4) is 0 Å². The maximum absolute atomic E-state index is 8.72. The van der Waals surface area contributed by atoms with Gasteiger partial charge in [-0.25, -0.2) is 0 Å². The van der Waals surface area contributed by atoms with E-state index < -0.39 is 0 Å². The van der Waals surface area contributed by atoms with E-state index in [-0.39, 0.29) is 12.6 Å². The summed E-state index contributed by atoms with van der Waals surface area (Å²) in [6.45, 7) is 2.41. The second-order valence-electron chi connectivity index (χ2n) is 3.96. The van der Waals surface area contributed by atoms with Crippen molar-refractivity contribution in [2.24, 2.45) is 5.73 Å². The van der Waals surface area contributed by atoms with E-state index in [1.165, 1.54) is 17.5 Å². The van der Waals surface area contributed by atoms with Crippen LogP contribution in [0, 0.1) is 0 Å². The normalized spacial score (nSPS) is 12.7. The molecule has 1 unspecified atom stereocenters. The molecule has 2 heteroatoms. The first kappa shape index (κ1) is 12.2. The van der Waals surface area contributed by atoms with Crippen molar-refractivity contribution < 1.29 is 5.11 Å². The Kier molecular flexibility index (Phi) is 5.37. The van der Waals surface area contributed by atoms with Gasteiger partial charge in [0.2, 0.25) is 0 Å². The number of aryl methyl sites for hydroxylation is 1. The first-order valence-electron chi connectivity index (χ1n) is 5.73. The highest BCUT2D eigenvalue weighted by atomic mass is 16.2. The van der Waals surface area contributed by atoms with Crippen LogP contribution in [0.15, 0.2) is 24.3 Å². The summed E-state index contributed by atoms with van der Waals surface area (Å²) in [5.41, 5.74) is 8.53. The van der Waals surface area contributed by atoms with Gasteiger partial charge in [0, 0.05) is 12.6 Å². The average Bonchev–Trinajstić information content (AvgIpc) is 2.27. The Morgan fingerprint density at radius 3 is 2.47 bits per heavy atom. The molecule has 0 fully saturated rings. The van der Waals surface area contributed by atoms with E-state index >= 15 is 0 Å². The molecule has 0 bridgehead atoms. The zero-order valence-electron chi connectivity index (χ0n) is 9.45. The molecule has 0 aliphatic rings. The summed E-state index contributed by atoms with van der Waals surface area (Å²) >= 11 is 0. The summed E-state index contributed by atoms with van der Waals surface area (Å²) in [5, 5.41) is 8.72. The first-order valence-corrected chi connectivity index (χ1v) is 5.73. The molecule has 1 aromatic carbocycles. The van der Waals surface area contributed by atoms with E-state index in [0.29, 0.717) is 0 Å². The molecule has 0 aromatic heterocycles. The van der Waals surface area contributed by atoms with Crippen molar-refractivity contribution in [2.45, 2.75) is 38.6 Å². The van der Waals surface area contributed by atoms with Crippen molar-refractivity contribution >= 4 is 0 Å². The van der Waals surface area contributed by atoms with Gasteiger partial charge in [-0.3, -0.25) is 0 Å². The molecule has 84 valence electrons. The largest absolute Gasteiger partial charge is 0.396 e. The number of rotatable bonds is 6. The molecule has 3 N–H and O–H groups in total. The number of benzene rings is 1. The van der Waals surface area contributed by atoms with Crippen molar-refractivity contribution in [2.75, 3.05) is 6.61 Å². The number of hydrogen-bond acceptors (Lipinski definition) is 2. The topological polar surface area (TPSA) is 46.2 Å². The van der Waals surface area contributed by atoms with Gasteiger partial charge in [-0.1, -0.05) is 37.6 Å². The van der Waals surface area contributed by atoms with Crippen LogP contribution in [0.3, 0.4) is 0 Å². The van der Waals surface area contributed by atoms with Gasteiger partial charge in [0.05, 0.1) is 0 Å². The van der Waals surface area contributed by atoms with Gasteiger partial charge in [-0.2, -0.15) is 0 Å². The highest BCUT2D eigenvalue weighted by molar-refractivity contribution is 5.24. The van der Waals surface area contributed by atoms with E-state index in [1.807, 2.05) is 0 Å². The number of hydrogen-bond donors (Lipinski definition) is 2. The molecular formula is C13H21NO. The second kappa shape index (κ2) is 6.59. The lowest BCUT2D eigenvalue weighted by atomic mass is 10.0. The molecule has 0 heterocycles. The predicted octanol–water partition coefficient (Wildman–Crippen LogP) is 2.41. The van der Waals surface area contributed by atoms with Gasteiger partial charge in [0.25, 0.3) is 0 Å². The quantitative estimate of drug-likeness (QED) is 0.752. The van der Waals surface area contributed by atoms with E-state index in [4.69, 9.17) is 10.8 Å². The lowest BCUT2D eigenvalue weighted by Crippen LogP contribution is -2.10. The minimum Gasteiger partial charge on any atom is -0.396 e. The third-order valence-corrected chi connectivity index (χ3v) is 2.62. The summed E-state index contributed by atoms with van der Waals surface area (Å²) in [6, 6.07) is 8.57. The van der Waals surface area contributed by atoms with Crippen LogP contribution in [0.25, 0.3) is 0 Å². The van der Waals surface area contributed by atoms with Gasteiger partial charge >= 0.3 is 0 Å². The van der Waals surface area contributed by atoms with Crippen LogP contribution >= 0.6 is 0 Å². The maximum atomic E-state index is 8.72. The monoisotopic (exact) mass is 207 g/mol. The predicted molar refractivity (Wildman–Crippen MR) is 63.7 cm³/mol. The van der Waals surface area contributed by atoms with Crippen LogP contribution in [-0.4, -0.2) is 11.7 Å². The molecule has 2 nitrogen and oxygen atoms in total. The second-order valence-corrected chi connectivity index (χ2v) is 3.96. The van der Waals surface area contributed by atoms with Crippen molar-refractivity contribution in [3.63, 3.8) is 0 Å². The molecular weight excluding hydrogens is 186 g/mol. The van der Waals surface area contributed by atoms with Crippen molar-refractivity contribution in [1.29, 1.82) is 0 Å². The lowest BCUT2D eigenvalue weighted by Gasteiger charge is -2.11. The smallest absolute Gasteiger partial charge is 0.0431 e. The Morgan fingerprint density at radius 2 is 1.93 bits per heavy atom. The van der Waals surface area contributed by atoms with Gasteiger partial charge < -0.3 is 10.8 Å². The van der Waals surface area contributed by atoms with Crippen LogP contribution < -0.4 is 5.73 Å². The van der Waals surface area contributed by atoms with E-state index in [1.54, 1.807) is 0 Å². The Morgan fingerprint density at radius 1 is 1.27 bits per heavy atom. The molecule has 0 saturated carbocycles. The third-order valence-electron chi connectivity index (χ3n) is 2.62.